The quantitative estimate of drug-likeness (QED) is 0.559. The van der Waals surface area contributed by atoms with Gasteiger partial charge in [0.25, 0.3) is 0 Å². The van der Waals surface area contributed by atoms with Crippen molar-refractivity contribution in [3.63, 3.8) is 0 Å². The highest BCUT2D eigenvalue weighted by Gasteiger charge is 2.13. The number of nitrogens with one attached hydrogen (secondary N) is 1. The highest BCUT2D eigenvalue weighted by molar-refractivity contribution is 6.00. The topological polar surface area (TPSA) is 41.5 Å². The molecule has 0 spiro atoms. The molecule has 3 heteroatoms. The molecule has 3 nitrogen and oxygen atoms in total. The molecular formula is C12H18N2O. The van der Waals surface area contributed by atoms with Gasteiger partial charge in [-0.1, -0.05) is 12.2 Å². The lowest BCUT2D eigenvalue weighted by atomic mass is 9.99. The third-order valence-electron chi connectivity index (χ3n) is 2.29. The van der Waals surface area contributed by atoms with Gasteiger partial charge < -0.3 is 5.32 Å². The van der Waals surface area contributed by atoms with E-state index in [0.717, 1.165) is 36.2 Å². The maximum atomic E-state index is 11.3. The van der Waals surface area contributed by atoms with E-state index in [4.69, 9.17) is 0 Å². The second-order valence-electron chi connectivity index (χ2n) is 3.91. The predicted octanol–water partition coefficient (Wildman–Crippen LogP) is 1.51. The van der Waals surface area contributed by atoms with Crippen molar-refractivity contribution >= 4 is 12.0 Å². The Bertz CT molecular complexity index is 327. The molecule has 0 radical (unpaired) electrons. The lowest BCUT2D eigenvalue weighted by Crippen LogP contribution is -2.27. The summed E-state index contributed by atoms with van der Waals surface area (Å²) in [5, 5.41) is 3.23. The van der Waals surface area contributed by atoms with E-state index in [0.29, 0.717) is 6.54 Å². The molecule has 0 aliphatic carbocycles. The first kappa shape index (κ1) is 11.9. The summed E-state index contributed by atoms with van der Waals surface area (Å²) in [5.41, 5.74) is 2.97. The van der Waals surface area contributed by atoms with Gasteiger partial charge >= 0.3 is 0 Å². The maximum Gasteiger partial charge on any atom is 0.156 e. The monoisotopic (exact) mass is 206 g/mol. The van der Waals surface area contributed by atoms with Gasteiger partial charge in [-0.2, -0.15) is 0 Å². The van der Waals surface area contributed by atoms with Gasteiger partial charge in [-0.15, -0.1) is 0 Å². The Morgan fingerprint density at radius 2 is 2.33 bits per heavy atom. The lowest BCUT2D eigenvalue weighted by Gasteiger charge is -2.16. The van der Waals surface area contributed by atoms with Gasteiger partial charge in [-0.25, -0.2) is 0 Å². The molecule has 82 valence electrons. The minimum absolute atomic E-state index is 0.160. The number of aliphatic imine (C=N–C) groups is 1. The zero-order chi connectivity index (χ0) is 11.3. The molecule has 0 atom stereocenters. The van der Waals surface area contributed by atoms with Gasteiger partial charge in [0.2, 0.25) is 0 Å². The van der Waals surface area contributed by atoms with Gasteiger partial charge in [0.15, 0.2) is 5.78 Å². The Kier molecular flexibility index (Phi) is 4.43. The van der Waals surface area contributed by atoms with E-state index in [-0.39, 0.29) is 5.78 Å². The van der Waals surface area contributed by atoms with E-state index < -0.39 is 0 Å². The van der Waals surface area contributed by atoms with Gasteiger partial charge in [0.05, 0.1) is 6.54 Å². The fraction of sp³-hybridized carbons (Fsp3) is 0.500. The summed E-state index contributed by atoms with van der Waals surface area (Å²) in [6.45, 7) is 9.60. The first-order valence-electron chi connectivity index (χ1n) is 5.19. The Morgan fingerprint density at radius 3 is 2.93 bits per heavy atom. The van der Waals surface area contributed by atoms with Crippen LogP contribution in [0.5, 0.6) is 0 Å². The Balaban J connectivity index is 2.74. The van der Waals surface area contributed by atoms with E-state index in [2.05, 4.69) is 16.9 Å². The molecule has 0 saturated heterocycles. The van der Waals surface area contributed by atoms with Crippen LogP contribution in [0.1, 0.15) is 20.3 Å². The number of Topliss-reactive ketones (excluding diaryl/α,β-unsaturated/α-hetero) is 1. The van der Waals surface area contributed by atoms with Gasteiger partial charge in [0, 0.05) is 18.3 Å². The Labute approximate surface area is 91.0 Å². The van der Waals surface area contributed by atoms with Crippen LogP contribution in [0.2, 0.25) is 0 Å². The SMILES string of the molecule is C=C(C)C/N=C\C1=C(C(C)=O)CCNC1. The van der Waals surface area contributed by atoms with Crippen molar-refractivity contribution in [3.05, 3.63) is 23.3 Å². The maximum absolute atomic E-state index is 11.3. The molecule has 1 rings (SSSR count). The van der Waals surface area contributed by atoms with Crippen molar-refractivity contribution in [1.29, 1.82) is 0 Å². The van der Waals surface area contributed by atoms with Gasteiger partial charge in [-0.05, 0) is 32.4 Å². The molecule has 0 aromatic rings. The van der Waals surface area contributed by atoms with Crippen LogP contribution in [0.25, 0.3) is 0 Å². The first-order valence-corrected chi connectivity index (χ1v) is 5.19. The minimum atomic E-state index is 0.160. The van der Waals surface area contributed by atoms with Crippen LogP contribution in [-0.4, -0.2) is 31.6 Å². The molecule has 0 bridgehead atoms. The van der Waals surface area contributed by atoms with Crippen LogP contribution < -0.4 is 5.32 Å². The van der Waals surface area contributed by atoms with Crippen molar-refractivity contribution < 1.29 is 4.79 Å². The lowest BCUT2D eigenvalue weighted by molar-refractivity contribution is -0.113. The summed E-state index contributed by atoms with van der Waals surface area (Å²) >= 11 is 0. The third kappa shape index (κ3) is 3.80. The molecule has 1 N–H and O–H groups in total. The van der Waals surface area contributed by atoms with Gasteiger partial charge in [0.1, 0.15) is 0 Å². The highest BCUT2D eigenvalue weighted by Crippen LogP contribution is 2.12. The van der Waals surface area contributed by atoms with E-state index in [1.54, 1.807) is 13.1 Å². The fourth-order valence-electron chi connectivity index (χ4n) is 1.54. The second kappa shape index (κ2) is 5.61. The second-order valence-corrected chi connectivity index (χ2v) is 3.91. The summed E-state index contributed by atoms with van der Waals surface area (Å²) < 4.78 is 0. The summed E-state index contributed by atoms with van der Waals surface area (Å²) in [5.74, 6) is 0.160. The predicted molar refractivity (Wildman–Crippen MR) is 63.4 cm³/mol. The molecule has 0 aromatic heterocycles. The van der Waals surface area contributed by atoms with Crippen LogP contribution in [0.3, 0.4) is 0 Å². The van der Waals surface area contributed by atoms with Crippen molar-refractivity contribution in [3.8, 4) is 0 Å². The molecule has 0 fully saturated rings. The van der Waals surface area contributed by atoms with Crippen LogP contribution in [0, 0.1) is 0 Å². The molecule has 15 heavy (non-hydrogen) atoms. The van der Waals surface area contributed by atoms with Crippen molar-refractivity contribution in [2.45, 2.75) is 20.3 Å². The summed E-state index contributed by atoms with van der Waals surface area (Å²) in [6.07, 6.45) is 2.61. The zero-order valence-corrected chi connectivity index (χ0v) is 9.47. The number of carbonyl (C=O) groups is 1. The molecule has 1 heterocycles. The standard InChI is InChI=1S/C12H18N2O/c1-9(2)6-14-8-11-7-13-5-4-12(11)10(3)15/h8,13H,1,4-7H2,2-3H3/b14-8-. The van der Waals surface area contributed by atoms with Crippen LogP contribution >= 0.6 is 0 Å². The number of nitrogens with zero attached hydrogens (tertiary/aromatic N) is 1. The average Bonchev–Trinajstić information content (AvgIpc) is 2.17. The molecule has 0 amide bonds. The zero-order valence-electron chi connectivity index (χ0n) is 9.47. The molecular weight excluding hydrogens is 188 g/mol. The number of hydrogen-bond donors (Lipinski definition) is 1. The number of hydrogen-bond acceptors (Lipinski definition) is 3. The van der Waals surface area contributed by atoms with Crippen LogP contribution in [0.15, 0.2) is 28.3 Å². The smallest absolute Gasteiger partial charge is 0.156 e. The average molecular weight is 206 g/mol. The molecule has 0 aromatic carbocycles. The molecule has 1 aliphatic rings. The Morgan fingerprint density at radius 1 is 1.60 bits per heavy atom. The van der Waals surface area contributed by atoms with E-state index >= 15 is 0 Å². The van der Waals surface area contributed by atoms with Crippen LogP contribution in [0.4, 0.5) is 0 Å². The number of rotatable bonds is 4. The summed E-state index contributed by atoms with van der Waals surface area (Å²) in [7, 11) is 0. The number of ketones is 1. The largest absolute Gasteiger partial charge is 0.312 e. The Hall–Kier alpha value is -1.22. The molecule has 0 saturated carbocycles. The fourth-order valence-corrected chi connectivity index (χ4v) is 1.54. The third-order valence-corrected chi connectivity index (χ3v) is 2.29. The normalized spacial score (nSPS) is 17.2. The van der Waals surface area contributed by atoms with Gasteiger partial charge in [-0.3, -0.25) is 9.79 Å². The van der Waals surface area contributed by atoms with E-state index in [1.165, 1.54) is 0 Å². The minimum Gasteiger partial charge on any atom is -0.312 e. The van der Waals surface area contributed by atoms with E-state index in [9.17, 15) is 4.79 Å². The first-order chi connectivity index (χ1) is 7.11. The van der Waals surface area contributed by atoms with Crippen LogP contribution in [-0.2, 0) is 4.79 Å². The van der Waals surface area contributed by atoms with E-state index in [1.807, 2.05) is 6.92 Å². The summed E-state index contributed by atoms with van der Waals surface area (Å²) in [6, 6.07) is 0. The summed E-state index contributed by atoms with van der Waals surface area (Å²) in [4.78, 5) is 15.6. The molecule has 1 aliphatic heterocycles. The van der Waals surface area contributed by atoms with Crippen molar-refractivity contribution in [1.82, 2.24) is 5.32 Å². The number of carbonyl (C=O) groups excluding carboxylic acids is 1. The highest BCUT2D eigenvalue weighted by atomic mass is 16.1. The van der Waals surface area contributed by atoms with Crippen molar-refractivity contribution in [2.75, 3.05) is 19.6 Å². The molecule has 0 unspecified atom stereocenters. The van der Waals surface area contributed by atoms with Crippen molar-refractivity contribution in [2.24, 2.45) is 4.99 Å².